The molecule has 0 bridgehead atoms. The molecule has 0 saturated carbocycles. The lowest BCUT2D eigenvalue weighted by Crippen LogP contribution is -2.45. The first-order chi connectivity index (χ1) is 17.8. The van der Waals surface area contributed by atoms with Gasteiger partial charge in [-0.1, -0.05) is 12.1 Å². The molecular weight excluding hydrogens is 506 g/mol. The van der Waals surface area contributed by atoms with Crippen LogP contribution in [0.2, 0.25) is 0 Å². The molecule has 2 aromatic rings. The number of ether oxygens (including phenoxy) is 1. The van der Waals surface area contributed by atoms with Gasteiger partial charge in [-0.05, 0) is 68.9 Å². The minimum atomic E-state index is -3.86. The van der Waals surface area contributed by atoms with Crippen LogP contribution in [0, 0.1) is 13.8 Å². The van der Waals surface area contributed by atoms with Crippen molar-refractivity contribution in [3.63, 3.8) is 0 Å². The van der Waals surface area contributed by atoms with Crippen LogP contribution in [0.15, 0.2) is 41.3 Å². The van der Waals surface area contributed by atoms with Crippen molar-refractivity contribution in [3.05, 3.63) is 53.1 Å². The van der Waals surface area contributed by atoms with E-state index in [1.54, 1.807) is 37.9 Å². The zero-order valence-corrected chi connectivity index (χ0v) is 24.7. The van der Waals surface area contributed by atoms with Crippen molar-refractivity contribution in [3.8, 4) is 5.75 Å². The number of hydrogen-bond acceptors (Lipinski definition) is 8. The molecule has 0 radical (unpaired) electrons. The third kappa shape index (κ3) is 8.67. The Morgan fingerprint density at radius 3 is 2.11 bits per heavy atom. The summed E-state index contributed by atoms with van der Waals surface area (Å²) in [5.74, 6) is 0.359. The fourth-order valence-corrected chi connectivity index (χ4v) is 5.62. The van der Waals surface area contributed by atoms with E-state index >= 15 is 0 Å². The molecule has 1 amide bonds. The Labute approximate surface area is 227 Å². The van der Waals surface area contributed by atoms with Gasteiger partial charge in [0.25, 0.3) is 0 Å². The van der Waals surface area contributed by atoms with Crippen LogP contribution in [0.25, 0.3) is 0 Å². The Bertz CT molecular complexity index is 1150. The highest BCUT2D eigenvalue weighted by Gasteiger charge is 2.27. The molecule has 1 atom stereocenters. The summed E-state index contributed by atoms with van der Waals surface area (Å²) < 4.78 is 32.6. The molecule has 38 heavy (non-hydrogen) atoms. The Balaban J connectivity index is 1.89. The number of hydrogen-bond donors (Lipinski definition) is 2. The number of carbonyl (C=O) groups is 1. The Kier molecular flexibility index (Phi) is 11.5. The van der Waals surface area contributed by atoms with Crippen LogP contribution in [0.4, 0.5) is 5.69 Å². The monoisotopic (exact) mass is 549 g/mol. The number of anilines is 1. The summed E-state index contributed by atoms with van der Waals surface area (Å²) in [6.45, 7) is 5.35. The predicted molar refractivity (Wildman–Crippen MR) is 151 cm³/mol. The molecule has 0 aliphatic carbocycles. The number of aryl methyl sites for hydroxylation is 2. The van der Waals surface area contributed by atoms with Gasteiger partial charge >= 0.3 is 0 Å². The lowest BCUT2D eigenvalue weighted by molar-refractivity contribution is -0.130. The number of nitrogens with one attached hydrogen (secondary N) is 1. The Morgan fingerprint density at radius 2 is 1.58 bits per heavy atom. The molecule has 0 heterocycles. The SMILES string of the molecule is COc1cc(C)c(S(=O)(=O)N(C)CC(O)NCC(=O)N(C)Cc2ccc(N(C)CCN(C)C)cc2)c(C)c1. The number of sulfonamides is 1. The van der Waals surface area contributed by atoms with Gasteiger partial charge in [-0.15, -0.1) is 0 Å². The van der Waals surface area contributed by atoms with Gasteiger partial charge in [0, 0.05) is 46.5 Å². The summed E-state index contributed by atoms with van der Waals surface area (Å²) in [6, 6.07) is 11.4. The average molecular weight is 550 g/mol. The highest BCUT2D eigenvalue weighted by molar-refractivity contribution is 7.89. The summed E-state index contributed by atoms with van der Waals surface area (Å²) in [7, 11) is 6.90. The normalized spacial score (nSPS) is 12.6. The second-order valence-electron chi connectivity index (χ2n) is 9.91. The predicted octanol–water partition coefficient (Wildman–Crippen LogP) is 1.50. The Morgan fingerprint density at radius 1 is 1.00 bits per heavy atom. The molecule has 2 aromatic carbocycles. The van der Waals surface area contributed by atoms with Crippen LogP contribution in [-0.4, -0.2) is 108 Å². The standard InChI is InChI=1S/C27H43N5O5S/c1-20-15-24(37-8)16-21(2)27(20)38(35,36)32(7)19-25(33)28-17-26(34)31(6)18-22-9-11-23(12-10-22)30(5)14-13-29(3)4/h9-12,15-16,25,28,33H,13-14,17-19H2,1-8H3. The van der Waals surface area contributed by atoms with Crippen LogP contribution < -0.4 is 15.0 Å². The smallest absolute Gasteiger partial charge is 0.243 e. The lowest BCUT2D eigenvalue weighted by Gasteiger charge is -2.24. The molecule has 2 rings (SSSR count). The van der Waals surface area contributed by atoms with Gasteiger partial charge in [0.15, 0.2) is 0 Å². The van der Waals surface area contributed by atoms with Crippen molar-refractivity contribution in [1.82, 2.24) is 19.4 Å². The van der Waals surface area contributed by atoms with E-state index in [2.05, 4.69) is 15.1 Å². The topological polar surface area (TPSA) is 106 Å². The largest absolute Gasteiger partial charge is 0.497 e. The van der Waals surface area contributed by atoms with Gasteiger partial charge in [0.05, 0.1) is 25.1 Å². The maximum atomic E-state index is 13.2. The molecule has 0 spiro atoms. The minimum Gasteiger partial charge on any atom is -0.497 e. The molecule has 10 nitrogen and oxygen atoms in total. The van der Waals surface area contributed by atoms with Crippen LogP contribution in [0.5, 0.6) is 5.75 Å². The fourth-order valence-electron chi connectivity index (χ4n) is 4.03. The Hall–Kier alpha value is -2.70. The third-order valence-corrected chi connectivity index (χ3v) is 8.49. The molecular formula is C27H43N5O5S. The number of nitrogens with zero attached hydrogens (tertiary/aromatic N) is 4. The minimum absolute atomic E-state index is 0.127. The number of methoxy groups -OCH3 is 1. The number of likely N-dealkylation sites (N-methyl/N-ethyl adjacent to an activating group) is 4. The number of benzene rings is 2. The number of aliphatic hydroxyl groups excluding tert-OH is 1. The second-order valence-corrected chi connectivity index (χ2v) is 11.9. The molecule has 1 unspecified atom stereocenters. The van der Waals surface area contributed by atoms with E-state index in [4.69, 9.17) is 4.74 Å². The zero-order chi connectivity index (χ0) is 28.6. The molecule has 11 heteroatoms. The van der Waals surface area contributed by atoms with Crippen molar-refractivity contribution in [2.45, 2.75) is 31.5 Å². The molecule has 0 saturated heterocycles. The van der Waals surface area contributed by atoms with Gasteiger partial charge in [0.2, 0.25) is 15.9 Å². The molecule has 0 fully saturated rings. The third-order valence-electron chi connectivity index (χ3n) is 6.36. The van der Waals surface area contributed by atoms with E-state index in [0.29, 0.717) is 23.4 Å². The number of rotatable bonds is 14. The summed E-state index contributed by atoms with van der Waals surface area (Å²) in [6.07, 6.45) is -1.22. The van der Waals surface area contributed by atoms with Crippen LogP contribution in [0.3, 0.4) is 0 Å². The van der Waals surface area contributed by atoms with Crippen LogP contribution >= 0.6 is 0 Å². The summed E-state index contributed by atoms with van der Waals surface area (Å²) in [4.78, 5) is 18.7. The number of aliphatic hydroxyl groups is 1. The molecule has 212 valence electrons. The fraction of sp³-hybridized carbons (Fsp3) is 0.519. The van der Waals surface area contributed by atoms with Crippen LogP contribution in [0.1, 0.15) is 16.7 Å². The van der Waals surface area contributed by atoms with Crippen molar-refractivity contribution in [1.29, 1.82) is 0 Å². The molecule has 2 N–H and O–H groups in total. The summed E-state index contributed by atoms with van der Waals surface area (Å²) in [5.41, 5.74) is 3.21. The van der Waals surface area contributed by atoms with E-state index in [0.717, 1.165) is 28.6 Å². The van der Waals surface area contributed by atoms with Crippen LogP contribution in [-0.2, 0) is 21.4 Å². The first-order valence-electron chi connectivity index (χ1n) is 12.5. The number of amides is 1. The molecule has 0 aromatic heterocycles. The van der Waals surface area contributed by atoms with Crippen molar-refractivity contribution >= 4 is 21.6 Å². The van der Waals surface area contributed by atoms with Crippen molar-refractivity contribution in [2.75, 3.05) is 73.4 Å². The maximum absolute atomic E-state index is 13.2. The molecule has 0 aliphatic heterocycles. The van der Waals surface area contributed by atoms with Gasteiger partial charge in [0.1, 0.15) is 12.0 Å². The highest BCUT2D eigenvalue weighted by atomic mass is 32.2. The highest BCUT2D eigenvalue weighted by Crippen LogP contribution is 2.27. The zero-order valence-electron chi connectivity index (χ0n) is 23.9. The van der Waals surface area contributed by atoms with E-state index < -0.39 is 16.3 Å². The molecule has 0 aliphatic rings. The van der Waals surface area contributed by atoms with E-state index in [-0.39, 0.29) is 23.9 Å². The van der Waals surface area contributed by atoms with Crippen molar-refractivity contribution < 1.29 is 23.1 Å². The van der Waals surface area contributed by atoms with E-state index in [1.807, 2.05) is 45.4 Å². The average Bonchev–Trinajstić information content (AvgIpc) is 2.85. The van der Waals surface area contributed by atoms with E-state index in [9.17, 15) is 18.3 Å². The van der Waals surface area contributed by atoms with E-state index in [1.165, 1.54) is 14.2 Å². The van der Waals surface area contributed by atoms with Crippen molar-refractivity contribution in [2.24, 2.45) is 0 Å². The second kappa shape index (κ2) is 13.9. The lowest BCUT2D eigenvalue weighted by atomic mass is 10.1. The van der Waals surface area contributed by atoms with Gasteiger partial charge in [-0.25, -0.2) is 8.42 Å². The summed E-state index contributed by atoms with van der Waals surface area (Å²) in [5, 5.41) is 13.1. The quantitative estimate of drug-likeness (QED) is 0.342. The first-order valence-corrected chi connectivity index (χ1v) is 13.9. The maximum Gasteiger partial charge on any atom is 0.243 e. The number of carbonyl (C=O) groups excluding carboxylic acids is 1. The van der Waals surface area contributed by atoms with Gasteiger partial charge in [-0.2, -0.15) is 4.31 Å². The van der Waals surface area contributed by atoms with Gasteiger partial charge in [-0.3, -0.25) is 10.1 Å². The summed E-state index contributed by atoms with van der Waals surface area (Å²) >= 11 is 0. The first kappa shape index (κ1) is 31.5. The van der Waals surface area contributed by atoms with Gasteiger partial charge < -0.3 is 24.5 Å².